The fourth-order valence-corrected chi connectivity index (χ4v) is 0.415. The predicted molar refractivity (Wildman–Crippen MR) is 33.6 cm³/mol. The Kier molecular flexibility index (Phi) is 4.78. The van der Waals surface area contributed by atoms with E-state index in [0.717, 1.165) is 12.8 Å². The van der Waals surface area contributed by atoms with Crippen LogP contribution in [0.4, 0.5) is 0 Å². The second-order valence-electron chi connectivity index (χ2n) is 1.71. The Morgan fingerprint density at radius 1 is 1.67 bits per heavy atom. The average Bonchev–Trinajstić information content (AvgIpc) is 1.89. The number of rotatable bonds is 4. The van der Waals surface area contributed by atoms with Crippen LogP contribution in [0, 0.1) is 0 Å². The smallest absolute Gasteiger partial charge is 0.296 e. The first-order valence-electron chi connectivity index (χ1n) is 2.97. The van der Waals surface area contributed by atoms with Crippen LogP contribution in [0.3, 0.4) is 0 Å². The molecule has 51 valence electrons. The second kappa shape index (κ2) is 5.28. The molecule has 9 heavy (non-hydrogen) atoms. The number of carbonyl (C=O) groups excluding carboxylic acids is 2. The lowest BCUT2D eigenvalue weighted by Crippen LogP contribution is -2.24. The first-order valence-corrected chi connectivity index (χ1v) is 2.97. The van der Waals surface area contributed by atoms with Gasteiger partial charge < -0.3 is 5.32 Å². The van der Waals surface area contributed by atoms with Gasteiger partial charge in [-0.1, -0.05) is 13.3 Å². The highest BCUT2D eigenvalue weighted by atomic mass is 16.2. The normalized spacial score (nSPS) is 8.56. The second-order valence-corrected chi connectivity index (χ2v) is 1.71. The maximum atomic E-state index is 10.2. The van der Waals surface area contributed by atoms with Crippen molar-refractivity contribution in [1.29, 1.82) is 0 Å². The van der Waals surface area contributed by atoms with Crippen molar-refractivity contribution in [3.63, 3.8) is 0 Å². The third-order valence-corrected chi connectivity index (χ3v) is 0.909. The van der Waals surface area contributed by atoms with Gasteiger partial charge in [-0.05, 0) is 6.42 Å². The molecule has 1 radical (unpaired) electrons. The predicted octanol–water partition coefficient (Wildman–Crippen LogP) is 0.0124. The van der Waals surface area contributed by atoms with Gasteiger partial charge in [0, 0.05) is 6.54 Å². The molecule has 0 aromatic heterocycles. The number of hydrogen-bond donors (Lipinski definition) is 1. The molecule has 0 unspecified atom stereocenters. The summed E-state index contributed by atoms with van der Waals surface area (Å²) in [6.45, 7) is 2.58. The van der Waals surface area contributed by atoms with E-state index in [4.69, 9.17) is 0 Å². The minimum atomic E-state index is -0.650. The lowest BCUT2D eigenvalue weighted by molar-refractivity contribution is -0.114. The van der Waals surface area contributed by atoms with Crippen molar-refractivity contribution < 1.29 is 9.59 Å². The van der Waals surface area contributed by atoms with Gasteiger partial charge >= 0.3 is 0 Å². The summed E-state index contributed by atoms with van der Waals surface area (Å²) in [7, 11) is 0. The zero-order valence-corrected chi connectivity index (χ0v) is 5.44. The van der Waals surface area contributed by atoms with Gasteiger partial charge in [0.15, 0.2) is 0 Å². The van der Waals surface area contributed by atoms with E-state index in [9.17, 15) is 9.59 Å². The fraction of sp³-hybridized carbons (Fsp3) is 0.667. The van der Waals surface area contributed by atoms with Crippen molar-refractivity contribution in [2.45, 2.75) is 19.8 Å². The highest BCUT2D eigenvalue weighted by molar-refractivity contribution is 6.23. The lowest BCUT2D eigenvalue weighted by Gasteiger charge is -1.95. The van der Waals surface area contributed by atoms with Gasteiger partial charge in [-0.25, -0.2) is 0 Å². The fourth-order valence-electron chi connectivity index (χ4n) is 0.415. The molecule has 0 bridgehead atoms. The Hall–Kier alpha value is -0.860. The Balaban J connectivity index is 3.07. The maximum absolute atomic E-state index is 10.2. The molecule has 3 heteroatoms. The third kappa shape index (κ3) is 5.00. The van der Waals surface area contributed by atoms with E-state index in [1.807, 2.05) is 6.92 Å². The zero-order chi connectivity index (χ0) is 7.11. The molecule has 0 aromatic rings. The molecule has 0 saturated carbocycles. The molecule has 0 aliphatic rings. The molecule has 0 aliphatic carbocycles. The van der Waals surface area contributed by atoms with E-state index < -0.39 is 5.91 Å². The number of nitrogens with one attached hydrogen (secondary N) is 1. The highest BCUT2D eigenvalue weighted by Crippen LogP contribution is 1.80. The monoisotopic (exact) mass is 128 g/mol. The van der Waals surface area contributed by atoms with Crippen LogP contribution in [0.25, 0.3) is 0 Å². The molecule has 0 spiro atoms. The van der Waals surface area contributed by atoms with Crippen molar-refractivity contribution in [3.8, 4) is 0 Å². The SMILES string of the molecule is CCCCNC(=O)[C]=O. The molecule has 3 nitrogen and oxygen atoms in total. The Bertz CT molecular complexity index is 101. The van der Waals surface area contributed by atoms with E-state index in [2.05, 4.69) is 5.32 Å². The Morgan fingerprint density at radius 2 is 2.33 bits per heavy atom. The van der Waals surface area contributed by atoms with Crippen molar-refractivity contribution in [1.82, 2.24) is 5.32 Å². The number of amides is 1. The topological polar surface area (TPSA) is 46.2 Å². The highest BCUT2D eigenvalue weighted by Gasteiger charge is 1.94. The van der Waals surface area contributed by atoms with Crippen molar-refractivity contribution >= 4 is 12.2 Å². The number of unbranched alkanes of at least 4 members (excludes halogenated alkanes) is 1. The Morgan fingerprint density at radius 3 is 2.78 bits per heavy atom. The molecule has 0 atom stereocenters. The number of hydrogen-bond acceptors (Lipinski definition) is 2. The van der Waals surface area contributed by atoms with E-state index in [1.165, 1.54) is 6.29 Å². The molecular weight excluding hydrogens is 118 g/mol. The van der Waals surface area contributed by atoms with Gasteiger partial charge in [0.25, 0.3) is 12.2 Å². The summed E-state index contributed by atoms with van der Waals surface area (Å²) in [4.78, 5) is 19.7. The van der Waals surface area contributed by atoms with Crippen LogP contribution in [0.5, 0.6) is 0 Å². The molecular formula is C6H10NO2. The molecule has 0 aliphatic heterocycles. The minimum Gasteiger partial charge on any atom is -0.349 e. The summed E-state index contributed by atoms with van der Waals surface area (Å²) in [5.41, 5.74) is 0. The van der Waals surface area contributed by atoms with Gasteiger partial charge in [-0.2, -0.15) is 0 Å². The summed E-state index contributed by atoms with van der Waals surface area (Å²) in [6, 6.07) is 0. The summed E-state index contributed by atoms with van der Waals surface area (Å²) < 4.78 is 0. The summed E-state index contributed by atoms with van der Waals surface area (Å²) in [5.74, 6) is -0.650. The van der Waals surface area contributed by atoms with E-state index in [1.54, 1.807) is 0 Å². The first-order chi connectivity index (χ1) is 4.31. The lowest BCUT2D eigenvalue weighted by atomic mass is 10.3. The summed E-state index contributed by atoms with van der Waals surface area (Å²) in [5, 5.41) is 2.37. The minimum absolute atomic E-state index is 0.574. The average molecular weight is 128 g/mol. The van der Waals surface area contributed by atoms with Gasteiger partial charge in [0.05, 0.1) is 0 Å². The van der Waals surface area contributed by atoms with Gasteiger partial charge in [-0.15, -0.1) is 0 Å². The summed E-state index contributed by atoms with van der Waals surface area (Å²) >= 11 is 0. The van der Waals surface area contributed by atoms with Crippen LogP contribution in [0.2, 0.25) is 0 Å². The number of carbonyl (C=O) groups is 1. The van der Waals surface area contributed by atoms with Crippen LogP contribution >= 0.6 is 0 Å². The van der Waals surface area contributed by atoms with Gasteiger partial charge in [0.2, 0.25) is 0 Å². The van der Waals surface area contributed by atoms with Crippen LogP contribution in [-0.4, -0.2) is 18.7 Å². The quantitative estimate of drug-likeness (QED) is 0.428. The molecule has 0 fully saturated rings. The standard InChI is InChI=1S/C6H10NO2/c1-2-3-4-7-6(9)5-8/h2-4H2,1H3,(H,7,9). The largest absolute Gasteiger partial charge is 0.349 e. The van der Waals surface area contributed by atoms with E-state index >= 15 is 0 Å². The third-order valence-electron chi connectivity index (χ3n) is 0.909. The van der Waals surface area contributed by atoms with Crippen molar-refractivity contribution in [2.75, 3.05) is 6.54 Å². The molecule has 1 amide bonds. The first kappa shape index (κ1) is 8.14. The van der Waals surface area contributed by atoms with Gasteiger partial charge in [0.1, 0.15) is 0 Å². The van der Waals surface area contributed by atoms with Crippen molar-refractivity contribution in [2.24, 2.45) is 0 Å². The van der Waals surface area contributed by atoms with Gasteiger partial charge in [-0.3, -0.25) is 9.59 Å². The molecule has 0 heterocycles. The molecule has 0 saturated heterocycles. The van der Waals surface area contributed by atoms with E-state index in [0.29, 0.717) is 6.54 Å². The van der Waals surface area contributed by atoms with Crippen LogP contribution in [0.15, 0.2) is 0 Å². The van der Waals surface area contributed by atoms with E-state index in [-0.39, 0.29) is 0 Å². The van der Waals surface area contributed by atoms with Crippen LogP contribution in [-0.2, 0) is 9.59 Å². The molecule has 0 rings (SSSR count). The zero-order valence-electron chi connectivity index (χ0n) is 5.44. The molecule has 0 aromatic carbocycles. The van der Waals surface area contributed by atoms with Crippen LogP contribution in [0.1, 0.15) is 19.8 Å². The maximum Gasteiger partial charge on any atom is 0.296 e. The summed E-state index contributed by atoms with van der Waals surface area (Å²) in [6.07, 6.45) is 3.15. The Labute approximate surface area is 54.4 Å². The van der Waals surface area contributed by atoms with Crippen molar-refractivity contribution in [3.05, 3.63) is 0 Å². The van der Waals surface area contributed by atoms with Crippen LogP contribution < -0.4 is 5.32 Å². The molecule has 1 N–H and O–H groups in total.